The molecule has 0 radical (unpaired) electrons. The summed E-state index contributed by atoms with van der Waals surface area (Å²) in [5.74, 6) is 1.30. The molecule has 19 heavy (non-hydrogen) atoms. The summed E-state index contributed by atoms with van der Waals surface area (Å²) in [4.78, 5) is 0. The standard InChI is InChI=1S/C16H34O3/c1-7-13(4)16(9-8-12(2)3)19-15(6)11-18-14(5)10-17/h12-17H,7-11H2,1-6H3. The second-order valence-electron chi connectivity index (χ2n) is 6.17. The molecule has 0 saturated heterocycles. The number of aliphatic hydroxyl groups excluding tert-OH is 1. The highest BCUT2D eigenvalue weighted by Gasteiger charge is 2.20. The van der Waals surface area contributed by atoms with Gasteiger partial charge >= 0.3 is 0 Å². The van der Waals surface area contributed by atoms with Crippen molar-refractivity contribution in [3.63, 3.8) is 0 Å². The largest absolute Gasteiger partial charge is 0.394 e. The van der Waals surface area contributed by atoms with Crippen LogP contribution in [0.15, 0.2) is 0 Å². The van der Waals surface area contributed by atoms with Crippen molar-refractivity contribution in [3.8, 4) is 0 Å². The van der Waals surface area contributed by atoms with Gasteiger partial charge < -0.3 is 14.6 Å². The number of ether oxygens (including phenoxy) is 2. The van der Waals surface area contributed by atoms with Gasteiger partial charge in [0.15, 0.2) is 0 Å². The molecule has 3 heteroatoms. The van der Waals surface area contributed by atoms with E-state index in [9.17, 15) is 0 Å². The maximum Gasteiger partial charge on any atom is 0.0784 e. The SMILES string of the molecule is CCC(C)C(CCC(C)C)OC(C)COC(C)CO. The van der Waals surface area contributed by atoms with Crippen LogP contribution in [0, 0.1) is 11.8 Å². The van der Waals surface area contributed by atoms with Crippen LogP contribution in [0.5, 0.6) is 0 Å². The van der Waals surface area contributed by atoms with Crippen molar-refractivity contribution < 1.29 is 14.6 Å². The number of hydrogen-bond donors (Lipinski definition) is 1. The molecule has 0 aromatic carbocycles. The summed E-state index contributed by atoms with van der Waals surface area (Å²) >= 11 is 0. The molecule has 0 aliphatic rings. The Bertz CT molecular complexity index is 206. The van der Waals surface area contributed by atoms with E-state index in [2.05, 4.69) is 34.6 Å². The first-order valence-electron chi connectivity index (χ1n) is 7.78. The van der Waals surface area contributed by atoms with E-state index in [1.54, 1.807) is 0 Å². The molecule has 0 aromatic heterocycles. The molecule has 0 bridgehead atoms. The van der Waals surface area contributed by atoms with Crippen LogP contribution in [0.25, 0.3) is 0 Å². The van der Waals surface area contributed by atoms with E-state index in [4.69, 9.17) is 14.6 Å². The quantitative estimate of drug-likeness (QED) is 0.625. The van der Waals surface area contributed by atoms with E-state index in [1.165, 1.54) is 6.42 Å². The van der Waals surface area contributed by atoms with Crippen LogP contribution in [-0.4, -0.2) is 36.6 Å². The summed E-state index contributed by atoms with van der Waals surface area (Å²) in [6.07, 6.45) is 3.75. The second-order valence-corrected chi connectivity index (χ2v) is 6.17. The fourth-order valence-corrected chi connectivity index (χ4v) is 1.94. The average molecular weight is 274 g/mol. The maximum atomic E-state index is 8.94. The molecule has 0 heterocycles. The van der Waals surface area contributed by atoms with Gasteiger partial charge in [-0.1, -0.05) is 34.1 Å². The van der Waals surface area contributed by atoms with Crippen molar-refractivity contribution in [1.82, 2.24) is 0 Å². The molecule has 0 fully saturated rings. The van der Waals surface area contributed by atoms with Crippen molar-refractivity contribution in [1.29, 1.82) is 0 Å². The predicted molar refractivity (Wildman–Crippen MR) is 80.4 cm³/mol. The van der Waals surface area contributed by atoms with Crippen LogP contribution in [0.4, 0.5) is 0 Å². The Kier molecular flexibility index (Phi) is 10.6. The van der Waals surface area contributed by atoms with Gasteiger partial charge in [-0.25, -0.2) is 0 Å². The minimum absolute atomic E-state index is 0.0643. The molecule has 0 aliphatic heterocycles. The van der Waals surface area contributed by atoms with Gasteiger partial charge in [-0.15, -0.1) is 0 Å². The van der Waals surface area contributed by atoms with Crippen LogP contribution in [0.1, 0.15) is 60.8 Å². The lowest BCUT2D eigenvalue weighted by Gasteiger charge is -2.28. The Labute approximate surface area is 119 Å². The minimum atomic E-state index is -0.108. The molecule has 1 N–H and O–H groups in total. The summed E-state index contributed by atoms with van der Waals surface area (Å²) in [7, 11) is 0. The van der Waals surface area contributed by atoms with Crippen molar-refractivity contribution in [2.24, 2.45) is 11.8 Å². The van der Waals surface area contributed by atoms with E-state index in [0.29, 0.717) is 18.6 Å². The van der Waals surface area contributed by atoms with Gasteiger partial charge in [-0.3, -0.25) is 0 Å². The number of rotatable bonds is 11. The first kappa shape index (κ1) is 18.9. The minimum Gasteiger partial charge on any atom is -0.394 e. The molecule has 4 unspecified atom stereocenters. The van der Waals surface area contributed by atoms with Crippen LogP contribution < -0.4 is 0 Å². The summed E-state index contributed by atoms with van der Waals surface area (Å²) < 4.78 is 11.7. The summed E-state index contributed by atoms with van der Waals surface area (Å²) in [5.41, 5.74) is 0. The lowest BCUT2D eigenvalue weighted by Crippen LogP contribution is -2.30. The first-order chi connectivity index (χ1) is 8.90. The molecule has 0 aliphatic carbocycles. The third-order valence-corrected chi connectivity index (χ3v) is 3.59. The fourth-order valence-electron chi connectivity index (χ4n) is 1.94. The van der Waals surface area contributed by atoms with E-state index in [-0.39, 0.29) is 18.8 Å². The van der Waals surface area contributed by atoms with E-state index >= 15 is 0 Å². The average Bonchev–Trinajstić information content (AvgIpc) is 2.39. The van der Waals surface area contributed by atoms with Crippen molar-refractivity contribution >= 4 is 0 Å². The molecular weight excluding hydrogens is 240 g/mol. The lowest BCUT2D eigenvalue weighted by atomic mass is 9.94. The summed E-state index contributed by atoms with van der Waals surface area (Å²) in [6, 6.07) is 0. The van der Waals surface area contributed by atoms with E-state index in [1.807, 2.05) is 6.92 Å². The Balaban J connectivity index is 4.14. The van der Waals surface area contributed by atoms with Crippen LogP contribution in [0.2, 0.25) is 0 Å². The van der Waals surface area contributed by atoms with Crippen molar-refractivity contribution in [2.75, 3.05) is 13.2 Å². The summed E-state index contributed by atoms with van der Waals surface area (Å²) in [5, 5.41) is 8.94. The molecule has 116 valence electrons. The highest BCUT2D eigenvalue weighted by atomic mass is 16.5. The first-order valence-corrected chi connectivity index (χ1v) is 7.78. The van der Waals surface area contributed by atoms with Gasteiger partial charge in [0.2, 0.25) is 0 Å². The van der Waals surface area contributed by atoms with Crippen LogP contribution in [0.3, 0.4) is 0 Å². The maximum absolute atomic E-state index is 8.94. The number of aliphatic hydroxyl groups is 1. The lowest BCUT2D eigenvalue weighted by molar-refractivity contribution is -0.0895. The van der Waals surface area contributed by atoms with Gasteiger partial charge in [0.25, 0.3) is 0 Å². The van der Waals surface area contributed by atoms with Gasteiger partial charge in [-0.2, -0.15) is 0 Å². The Hall–Kier alpha value is -0.120. The van der Waals surface area contributed by atoms with Gasteiger partial charge in [0.05, 0.1) is 31.5 Å². The second kappa shape index (κ2) is 10.6. The van der Waals surface area contributed by atoms with E-state index in [0.717, 1.165) is 18.8 Å². The highest BCUT2D eigenvalue weighted by molar-refractivity contribution is 4.68. The predicted octanol–water partition coefficient (Wildman–Crippen LogP) is 3.64. The molecule has 0 rings (SSSR count). The normalized spacial score (nSPS) is 18.3. The Morgan fingerprint density at radius 2 is 1.58 bits per heavy atom. The Morgan fingerprint density at radius 3 is 2.05 bits per heavy atom. The Morgan fingerprint density at radius 1 is 0.947 bits per heavy atom. The highest BCUT2D eigenvalue weighted by Crippen LogP contribution is 2.21. The van der Waals surface area contributed by atoms with Crippen LogP contribution >= 0.6 is 0 Å². The number of hydrogen-bond acceptors (Lipinski definition) is 3. The van der Waals surface area contributed by atoms with Crippen molar-refractivity contribution in [3.05, 3.63) is 0 Å². The zero-order chi connectivity index (χ0) is 14.8. The fraction of sp³-hybridized carbons (Fsp3) is 1.00. The van der Waals surface area contributed by atoms with Gasteiger partial charge in [-0.05, 0) is 38.5 Å². The molecule has 3 nitrogen and oxygen atoms in total. The van der Waals surface area contributed by atoms with Crippen LogP contribution in [-0.2, 0) is 9.47 Å². The molecule has 0 amide bonds. The monoisotopic (exact) mass is 274 g/mol. The van der Waals surface area contributed by atoms with Crippen molar-refractivity contribution in [2.45, 2.75) is 79.1 Å². The molecule has 4 atom stereocenters. The molecule has 0 aromatic rings. The third kappa shape index (κ3) is 9.42. The molecule has 0 saturated carbocycles. The molecule has 0 spiro atoms. The summed E-state index contributed by atoms with van der Waals surface area (Å²) in [6.45, 7) is 13.5. The topological polar surface area (TPSA) is 38.7 Å². The zero-order valence-electron chi connectivity index (χ0n) is 13.7. The molecular formula is C16H34O3. The zero-order valence-corrected chi connectivity index (χ0v) is 13.7. The van der Waals surface area contributed by atoms with Gasteiger partial charge in [0.1, 0.15) is 0 Å². The van der Waals surface area contributed by atoms with Gasteiger partial charge in [0, 0.05) is 0 Å². The third-order valence-electron chi connectivity index (χ3n) is 3.59. The smallest absolute Gasteiger partial charge is 0.0784 e. The van der Waals surface area contributed by atoms with E-state index < -0.39 is 0 Å².